The van der Waals surface area contributed by atoms with E-state index in [4.69, 9.17) is 0 Å². The van der Waals surface area contributed by atoms with Gasteiger partial charge in [0.25, 0.3) is 0 Å². The van der Waals surface area contributed by atoms with Crippen molar-refractivity contribution in [1.82, 2.24) is 25.1 Å². The molecule has 0 aliphatic carbocycles. The zero-order chi connectivity index (χ0) is 21.8. The summed E-state index contributed by atoms with van der Waals surface area (Å²) in [6, 6.07) is 14.4. The number of hydrogen-bond acceptors (Lipinski definition) is 5. The lowest BCUT2D eigenvalue weighted by atomic mass is 10.1. The SMILES string of the molecule is Cc1ccccc1-n1cnnc1SCC(=O)NC(Cc1c[nH]c2ccccc12)C(=O)O. The third kappa shape index (κ3) is 4.61. The minimum atomic E-state index is -1.08. The van der Waals surface area contributed by atoms with Gasteiger partial charge < -0.3 is 15.4 Å². The molecule has 2 aromatic heterocycles. The fourth-order valence-corrected chi connectivity index (χ4v) is 4.14. The Morgan fingerprint density at radius 1 is 1.19 bits per heavy atom. The number of para-hydroxylation sites is 2. The van der Waals surface area contributed by atoms with Crippen LogP contribution in [0.5, 0.6) is 0 Å². The number of amides is 1. The number of aryl methyl sites for hydroxylation is 1. The number of rotatable bonds is 8. The van der Waals surface area contributed by atoms with Gasteiger partial charge in [-0.05, 0) is 30.2 Å². The van der Waals surface area contributed by atoms with Crippen LogP contribution in [-0.4, -0.2) is 48.5 Å². The molecule has 8 nitrogen and oxygen atoms in total. The summed E-state index contributed by atoms with van der Waals surface area (Å²) in [5, 5.41) is 21.8. The fraction of sp³-hybridized carbons (Fsp3) is 0.182. The molecule has 2 aromatic carbocycles. The summed E-state index contributed by atoms with van der Waals surface area (Å²) in [6.07, 6.45) is 3.57. The number of nitrogens with one attached hydrogen (secondary N) is 2. The lowest BCUT2D eigenvalue weighted by molar-refractivity contribution is -0.141. The predicted molar refractivity (Wildman–Crippen MR) is 118 cm³/mol. The van der Waals surface area contributed by atoms with Crippen molar-refractivity contribution in [3.05, 3.63) is 72.2 Å². The van der Waals surface area contributed by atoms with Crippen LogP contribution in [0.4, 0.5) is 0 Å². The van der Waals surface area contributed by atoms with E-state index >= 15 is 0 Å². The number of carbonyl (C=O) groups is 2. The molecular formula is C22H21N5O3S. The third-order valence-corrected chi connectivity index (χ3v) is 5.90. The molecule has 0 saturated heterocycles. The van der Waals surface area contributed by atoms with Crippen LogP contribution in [0, 0.1) is 6.92 Å². The van der Waals surface area contributed by atoms with Gasteiger partial charge in [-0.25, -0.2) is 4.79 Å². The number of H-pyrrole nitrogens is 1. The largest absolute Gasteiger partial charge is 0.480 e. The molecular weight excluding hydrogens is 414 g/mol. The first-order valence-corrected chi connectivity index (χ1v) is 10.7. The first kappa shape index (κ1) is 20.7. The molecule has 3 N–H and O–H groups in total. The molecule has 0 bridgehead atoms. The molecule has 0 radical (unpaired) electrons. The van der Waals surface area contributed by atoms with E-state index in [1.54, 1.807) is 12.5 Å². The van der Waals surface area contributed by atoms with Crippen molar-refractivity contribution in [2.24, 2.45) is 0 Å². The van der Waals surface area contributed by atoms with Gasteiger partial charge >= 0.3 is 5.97 Å². The summed E-state index contributed by atoms with van der Waals surface area (Å²) in [6.45, 7) is 1.98. The standard InChI is InChI=1S/C22H21N5O3S/c1-14-6-2-5-9-19(14)27-13-24-26-22(27)31-12-20(28)25-18(21(29)30)10-15-11-23-17-8-4-3-7-16(15)17/h2-9,11,13,18,23H,10,12H2,1H3,(H,25,28)(H,29,30). The Morgan fingerprint density at radius 2 is 1.97 bits per heavy atom. The molecule has 0 spiro atoms. The van der Waals surface area contributed by atoms with Crippen molar-refractivity contribution in [3.63, 3.8) is 0 Å². The van der Waals surface area contributed by atoms with E-state index in [1.165, 1.54) is 11.8 Å². The molecule has 2 heterocycles. The average Bonchev–Trinajstić information content (AvgIpc) is 3.39. The minimum Gasteiger partial charge on any atom is -0.480 e. The van der Waals surface area contributed by atoms with E-state index in [-0.39, 0.29) is 18.1 Å². The molecule has 1 atom stereocenters. The van der Waals surface area contributed by atoms with E-state index in [0.717, 1.165) is 27.7 Å². The van der Waals surface area contributed by atoms with E-state index < -0.39 is 12.0 Å². The number of fused-ring (bicyclic) bond motifs is 1. The maximum Gasteiger partial charge on any atom is 0.326 e. The molecule has 4 rings (SSSR count). The van der Waals surface area contributed by atoms with Crippen LogP contribution in [0.25, 0.3) is 16.6 Å². The first-order chi connectivity index (χ1) is 15.0. The highest BCUT2D eigenvalue weighted by molar-refractivity contribution is 7.99. The fourth-order valence-electron chi connectivity index (χ4n) is 3.41. The third-order valence-electron chi connectivity index (χ3n) is 4.96. The Kier molecular flexibility index (Phi) is 6.03. The number of aromatic nitrogens is 4. The Bertz CT molecular complexity index is 1230. The van der Waals surface area contributed by atoms with E-state index in [9.17, 15) is 14.7 Å². The van der Waals surface area contributed by atoms with Gasteiger partial charge in [0, 0.05) is 23.5 Å². The molecule has 1 amide bonds. The summed E-state index contributed by atoms with van der Waals surface area (Å²) in [5.74, 6) is -1.43. The number of benzene rings is 2. The number of thioether (sulfide) groups is 1. The van der Waals surface area contributed by atoms with Gasteiger partial charge in [0.1, 0.15) is 12.4 Å². The van der Waals surface area contributed by atoms with Crippen molar-refractivity contribution in [2.75, 3.05) is 5.75 Å². The van der Waals surface area contributed by atoms with Gasteiger partial charge in [-0.2, -0.15) is 0 Å². The second-order valence-corrected chi connectivity index (χ2v) is 8.02. The van der Waals surface area contributed by atoms with Crippen LogP contribution >= 0.6 is 11.8 Å². The zero-order valence-electron chi connectivity index (χ0n) is 16.8. The summed E-state index contributed by atoms with van der Waals surface area (Å²) in [7, 11) is 0. The van der Waals surface area contributed by atoms with Gasteiger partial charge in [0.05, 0.1) is 11.4 Å². The van der Waals surface area contributed by atoms with Crippen LogP contribution in [0.2, 0.25) is 0 Å². The van der Waals surface area contributed by atoms with Crippen molar-refractivity contribution < 1.29 is 14.7 Å². The van der Waals surface area contributed by atoms with Gasteiger partial charge in [0.15, 0.2) is 5.16 Å². The topological polar surface area (TPSA) is 113 Å². The minimum absolute atomic E-state index is 0.0300. The van der Waals surface area contributed by atoms with Crippen LogP contribution < -0.4 is 5.32 Å². The summed E-state index contributed by atoms with van der Waals surface area (Å²) >= 11 is 1.21. The van der Waals surface area contributed by atoms with Crippen molar-refractivity contribution >= 4 is 34.5 Å². The van der Waals surface area contributed by atoms with E-state index in [2.05, 4.69) is 20.5 Å². The molecule has 158 valence electrons. The Labute approximate surface area is 182 Å². The summed E-state index contributed by atoms with van der Waals surface area (Å²) in [5.41, 5.74) is 3.76. The highest BCUT2D eigenvalue weighted by atomic mass is 32.2. The number of carboxylic acids is 1. The molecule has 9 heteroatoms. The lowest BCUT2D eigenvalue weighted by Gasteiger charge is -2.14. The Hall–Kier alpha value is -3.59. The maximum absolute atomic E-state index is 12.5. The molecule has 4 aromatic rings. The van der Waals surface area contributed by atoms with Crippen molar-refractivity contribution in [1.29, 1.82) is 0 Å². The zero-order valence-corrected chi connectivity index (χ0v) is 17.6. The molecule has 31 heavy (non-hydrogen) atoms. The van der Waals surface area contributed by atoms with Gasteiger partial charge in [-0.3, -0.25) is 9.36 Å². The molecule has 1 unspecified atom stereocenters. The number of nitrogens with zero attached hydrogens (tertiary/aromatic N) is 3. The first-order valence-electron chi connectivity index (χ1n) is 9.69. The van der Waals surface area contributed by atoms with Crippen LogP contribution in [-0.2, 0) is 16.0 Å². The lowest BCUT2D eigenvalue weighted by Crippen LogP contribution is -2.43. The average molecular weight is 436 g/mol. The quantitative estimate of drug-likeness (QED) is 0.367. The maximum atomic E-state index is 12.5. The van der Waals surface area contributed by atoms with E-state index in [1.807, 2.05) is 60.0 Å². The monoisotopic (exact) mass is 435 g/mol. The second-order valence-electron chi connectivity index (χ2n) is 7.08. The van der Waals surface area contributed by atoms with Crippen molar-refractivity contribution in [2.45, 2.75) is 24.5 Å². The van der Waals surface area contributed by atoms with Gasteiger partial charge in [0.2, 0.25) is 5.91 Å². The molecule has 0 fully saturated rings. The number of carbonyl (C=O) groups excluding carboxylic acids is 1. The number of aliphatic carboxylic acids is 1. The molecule has 0 saturated carbocycles. The number of aromatic amines is 1. The predicted octanol–water partition coefficient (Wildman–Crippen LogP) is 2.96. The van der Waals surface area contributed by atoms with Crippen LogP contribution in [0.15, 0.2) is 66.2 Å². The van der Waals surface area contributed by atoms with Crippen LogP contribution in [0.3, 0.4) is 0 Å². The Balaban J connectivity index is 1.41. The molecule has 0 aliphatic heterocycles. The molecule has 0 aliphatic rings. The highest BCUT2D eigenvalue weighted by Gasteiger charge is 2.22. The number of hydrogen-bond donors (Lipinski definition) is 3. The number of carboxylic acid groups (broad SMARTS) is 1. The summed E-state index contributed by atoms with van der Waals surface area (Å²) < 4.78 is 1.81. The van der Waals surface area contributed by atoms with Crippen molar-refractivity contribution in [3.8, 4) is 5.69 Å². The smallest absolute Gasteiger partial charge is 0.326 e. The van der Waals surface area contributed by atoms with Gasteiger partial charge in [-0.15, -0.1) is 10.2 Å². The van der Waals surface area contributed by atoms with E-state index in [0.29, 0.717) is 5.16 Å². The van der Waals surface area contributed by atoms with Gasteiger partial charge in [-0.1, -0.05) is 48.2 Å². The highest BCUT2D eigenvalue weighted by Crippen LogP contribution is 2.22. The summed E-state index contributed by atoms with van der Waals surface area (Å²) in [4.78, 5) is 27.4. The van der Waals surface area contributed by atoms with Crippen LogP contribution in [0.1, 0.15) is 11.1 Å². The Morgan fingerprint density at radius 3 is 2.77 bits per heavy atom. The second kappa shape index (κ2) is 9.05. The normalized spacial score (nSPS) is 12.0.